The van der Waals surface area contributed by atoms with E-state index in [0.29, 0.717) is 24.4 Å². The number of pyridine rings is 1. The van der Waals surface area contributed by atoms with Crippen molar-refractivity contribution >= 4 is 22.2 Å². The molecule has 0 amide bonds. The lowest BCUT2D eigenvalue weighted by Gasteiger charge is -2.12. The standard InChI is InChI=1S/C14H12BrNO3/c15-10-19-14-12(8-17)16-7-6-13(14)18-9-11-4-2-1-3-5-11/h1-8H,9-10H2. The summed E-state index contributed by atoms with van der Waals surface area (Å²) in [4.78, 5) is 14.9. The molecule has 1 aromatic carbocycles. The van der Waals surface area contributed by atoms with Crippen LogP contribution in [0.1, 0.15) is 16.1 Å². The van der Waals surface area contributed by atoms with Gasteiger partial charge in [-0.15, -0.1) is 0 Å². The molecule has 0 aliphatic rings. The molecule has 0 bridgehead atoms. The Balaban J connectivity index is 2.17. The van der Waals surface area contributed by atoms with Crippen LogP contribution in [0.25, 0.3) is 0 Å². The summed E-state index contributed by atoms with van der Waals surface area (Å²) in [6, 6.07) is 11.4. The molecule has 0 aliphatic carbocycles. The minimum Gasteiger partial charge on any atom is -0.485 e. The Hall–Kier alpha value is -1.88. The number of alkyl halides is 1. The summed E-state index contributed by atoms with van der Waals surface area (Å²) in [7, 11) is 0. The maximum absolute atomic E-state index is 10.9. The van der Waals surface area contributed by atoms with Crippen LogP contribution in [-0.4, -0.2) is 16.8 Å². The minimum atomic E-state index is 0.227. The van der Waals surface area contributed by atoms with Crippen LogP contribution in [0.15, 0.2) is 42.6 Å². The average Bonchev–Trinajstić information content (AvgIpc) is 2.47. The van der Waals surface area contributed by atoms with Crippen molar-refractivity contribution in [3.8, 4) is 11.5 Å². The summed E-state index contributed by atoms with van der Waals surface area (Å²) >= 11 is 3.16. The molecule has 0 saturated heterocycles. The summed E-state index contributed by atoms with van der Waals surface area (Å²) in [5, 5.41) is 0. The third-order valence-electron chi connectivity index (χ3n) is 2.44. The van der Waals surface area contributed by atoms with Gasteiger partial charge in [0.1, 0.15) is 17.8 Å². The zero-order valence-electron chi connectivity index (χ0n) is 10.1. The summed E-state index contributed by atoms with van der Waals surface area (Å²) in [6.07, 6.45) is 2.17. The Morgan fingerprint density at radius 3 is 2.63 bits per heavy atom. The second kappa shape index (κ2) is 6.89. The van der Waals surface area contributed by atoms with E-state index in [1.807, 2.05) is 30.3 Å². The fourth-order valence-corrected chi connectivity index (χ4v) is 1.81. The van der Waals surface area contributed by atoms with Crippen LogP contribution in [0.5, 0.6) is 11.5 Å². The minimum absolute atomic E-state index is 0.227. The van der Waals surface area contributed by atoms with Gasteiger partial charge < -0.3 is 9.47 Å². The van der Waals surface area contributed by atoms with Gasteiger partial charge in [0.2, 0.25) is 0 Å². The van der Waals surface area contributed by atoms with Gasteiger partial charge in [-0.25, -0.2) is 4.98 Å². The molecule has 0 saturated carbocycles. The van der Waals surface area contributed by atoms with Gasteiger partial charge in [-0.1, -0.05) is 30.3 Å². The van der Waals surface area contributed by atoms with E-state index >= 15 is 0 Å². The number of rotatable bonds is 6. The van der Waals surface area contributed by atoms with E-state index in [2.05, 4.69) is 20.9 Å². The average molecular weight is 322 g/mol. The Morgan fingerprint density at radius 1 is 1.16 bits per heavy atom. The first-order valence-corrected chi connectivity index (χ1v) is 6.77. The first-order valence-electron chi connectivity index (χ1n) is 5.65. The van der Waals surface area contributed by atoms with Crippen LogP contribution in [-0.2, 0) is 6.61 Å². The van der Waals surface area contributed by atoms with Crippen molar-refractivity contribution < 1.29 is 14.3 Å². The van der Waals surface area contributed by atoms with Crippen molar-refractivity contribution in [1.82, 2.24) is 4.98 Å². The highest BCUT2D eigenvalue weighted by Crippen LogP contribution is 2.29. The van der Waals surface area contributed by atoms with Crippen LogP contribution < -0.4 is 9.47 Å². The van der Waals surface area contributed by atoms with Crippen molar-refractivity contribution in [3.63, 3.8) is 0 Å². The van der Waals surface area contributed by atoms with Crippen molar-refractivity contribution in [3.05, 3.63) is 53.9 Å². The third kappa shape index (κ3) is 3.54. The lowest BCUT2D eigenvalue weighted by molar-refractivity contribution is 0.111. The van der Waals surface area contributed by atoms with Gasteiger partial charge in [-0.05, 0) is 21.5 Å². The van der Waals surface area contributed by atoms with Crippen LogP contribution in [0.4, 0.5) is 0 Å². The molecule has 1 heterocycles. The third-order valence-corrected chi connectivity index (χ3v) is 2.67. The Labute approximate surface area is 119 Å². The fourth-order valence-electron chi connectivity index (χ4n) is 1.58. The summed E-state index contributed by atoms with van der Waals surface area (Å²) < 4.78 is 11.0. The van der Waals surface area contributed by atoms with Gasteiger partial charge in [0, 0.05) is 12.3 Å². The summed E-state index contributed by atoms with van der Waals surface area (Å²) in [6.45, 7) is 0.405. The molecule has 0 atom stereocenters. The molecule has 19 heavy (non-hydrogen) atoms. The molecular weight excluding hydrogens is 310 g/mol. The molecule has 0 N–H and O–H groups in total. The number of aromatic nitrogens is 1. The van der Waals surface area contributed by atoms with E-state index < -0.39 is 0 Å². The largest absolute Gasteiger partial charge is 0.485 e. The highest BCUT2D eigenvalue weighted by atomic mass is 79.9. The first-order chi connectivity index (χ1) is 9.35. The molecule has 1 aromatic heterocycles. The molecule has 0 spiro atoms. The van der Waals surface area contributed by atoms with Gasteiger partial charge in [0.05, 0.1) is 0 Å². The quantitative estimate of drug-likeness (QED) is 0.605. The van der Waals surface area contributed by atoms with E-state index in [9.17, 15) is 4.79 Å². The number of halogens is 1. The molecule has 4 nitrogen and oxygen atoms in total. The molecule has 0 radical (unpaired) electrons. The van der Waals surface area contributed by atoms with E-state index in [1.165, 1.54) is 6.20 Å². The number of nitrogens with zero attached hydrogens (tertiary/aromatic N) is 1. The van der Waals surface area contributed by atoms with E-state index in [1.54, 1.807) is 6.07 Å². The second-order valence-electron chi connectivity index (χ2n) is 3.67. The Morgan fingerprint density at radius 2 is 1.95 bits per heavy atom. The zero-order valence-corrected chi connectivity index (χ0v) is 11.7. The highest BCUT2D eigenvalue weighted by Gasteiger charge is 2.12. The molecule has 0 unspecified atom stereocenters. The smallest absolute Gasteiger partial charge is 0.191 e. The molecule has 5 heteroatoms. The monoisotopic (exact) mass is 321 g/mol. The second-order valence-corrected chi connectivity index (χ2v) is 4.13. The van der Waals surface area contributed by atoms with Crippen LogP contribution in [0.3, 0.4) is 0 Å². The van der Waals surface area contributed by atoms with E-state index in [0.717, 1.165) is 5.56 Å². The number of aldehydes is 1. The van der Waals surface area contributed by atoms with Crippen LogP contribution in [0, 0.1) is 0 Å². The number of benzene rings is 1. The topological polar surface area (TPSA) is 48.4 Å². The van der Waals surface area contributed by atoms with Crippen molar-refractivity contribution in [2.75, 3.05) is 5.52 Å². The van der Waals surface area contributed by atoms with Gasteiger partial charge in [0.25, 0.3) is 0 Å². The number of carbonyl (C=O) groups is 1. The number of hydrogen-bond donors (Lipinski definition) is 0. The maximum Gasteiger partial charge on any atom is 0.191 e. The van der Waals surface area contributed by atoms with E-state index in [4.69, 9.17) is 9.47 Å². The first kappa shape index (κ1) is 13.5. The lowest BCUT2D eigenvalue weighted by atomic mass is 10.2. The van der Waals surface area contributed by atoms with Crippen molar-refractivity contribution in [2.24, 2.45) is 0 Å². The number of hydrogen-bond acceptors (Lipinski definition) is 4. The Bertz CT molecular complexity index is 546. The molecule has 2 rings (SSSR count). The fraction of sp³-hybridized carbons (Fsp3) is 0.143. The molecule has 0 fully saturated rings. The summed E-state index contributed by atoms with van der Waals surface area (Å²) in [5.41, 5.74) is 1.53. The lowest BCUT2D eigenvalue weighted by Crippen LogP contribution is -2.02. The van der Waals surface area contributed by atoms with Crippen LogP contribution >= 0.6 is 15.9 Å². The van der Waals surface area contributed by atoms with Crippen molar-refractivity contribution in [1.29, 1.82) is 0 Å². The van der Waals surface area contributed by atoms with Crippen LogP contribution in [0.2, 0.25) is 0 Å². The molecule has 98 valence electrons. The Kier molecular flexibility index (Phi) is 4.92. The van der Waals surface area contributed by atoms with Crippen molar-refractivity contribution in [2.45, 2.75) is 6.61 Å². The SMILES string of the molecule is O=Cc1nccc(OCc2ccccc2)c1OCBr. The number of carbonyl (C=O) groups excluding carboxylic acids is 1. The summed E-state index contributed by atoms with van der Waals surface area (Å²) in [5.74, 6) is 0.853. The highest BCUT2D eigenvalue weighted by molar-refractivity contribution is 9.09. The normalized spacial score (nSPS) is 9.95. The predicted octanol–water partition coefficient (Wildman–Crippen LogP) is 3.20. The molecular formula is C14H12BrNO3. The number of ether oxygens (including phenoxy) is 2. The maximum atomic E-state index is 10.9. The predicted molar refractivity (Wildman–Crippen MR) is 74.8 cm³/mol. The van der Waals surface area contributed by atoms with Gasteiger partial charge in [-0.2, -0.15) is 0 Å². The molecule has 0 aliphatic heterocycles. The zero-order chi connectivity index (χ0) is 13.5. The van der Waals surface area contributed by atoms with Gasteiger partial charge in [0.15, 0.2) is 17.8 Å². The van der Waals surface area contributed by atoms with E-state index in [-0.39, 0.29) is 11.2 Å². The molecule has 2 aromatic rings. The van der Waals surface area contributed by atoms with Gasteiger partial charge in [-0.3, -0.25) is 4.79 Å². The van der Waals surface area contributed by atoms with Gasteiger partial charge >= 0.3 is 0 Å².